The number of anilines is 1. The molecule has 0 radical (unpaired) electrons. The first-order chi connectivity index (χ1) is 12.1. The number of fused-ring (bicyclic) bond motifs is 3. The smallest absolute Gasteiger partial charge is 0.414 e. The summed E-state index contributed by atoms with van der Waals surface area (Å²) in [5.41, 5.74) is 1.28. The number of carbonyl (C=O) groups is 2. The summed E-state index contributed by atoms with van der Waals surface area (Å²) in [6, 6.07) is 4.21. The van der Waals surface area contributed by atoms with E-state index in [0.717, 1.165) is 18.4 Å². The number of carbonyl (C=O) groups excluding carboxylic acids is 2. The van der Waals surface area contributed by atoms with Gasteiger partial charge in [0.1, 0.15) is 12.4 Å². The largest absolute Gasteiger partial charge is 0.447 e. The number of cyclic esters (lactones) is 1. The summed E-state index contributed by atoms with van der Waals surface area (Å²) in [5, 5.41) is 0. The van der Waals surface area contributed by atoms with Crippen LogP contribution in [0.1, 0.15) is 24.8 Å². The normalized spacial score (nSPS) is 24.2. The van der Waals surface area contributed by atoms with Crippen LogP contribution in [0.5, 0.6) is 0 Å². The molecule has 1 aromatic carbocycles. The van der Waals surface area contributed by atoms with E-state index in [1.165, 1.54) is 17.0 Å². The summed E-state index contributed by atoms with van der Waals surface area (Å²) in [7, 11) is 0. The number of hydrogen-bond acceptors (Lipinski definition) is 4. The second kappa shape index (κ2) is 6.63. The van der Waals surface area contributed by atoms with Gasteiger partial charge in [-0.2, -0.15) is 0 Å². The monoisotopic (exact) mass is 348 g/mol. The number of hydrogen-bond donors (Lipinski definition) is 0. The van der Waals surface area contributed by atoms with Crippen molar-refractivity contribution in [2.24, 2.45) is 5.92 Å². The minimum atomic E-state index is -0.443. The molecule has 4 rings (SSSR count). The molecule has 3 aliphatic heterocycles. The van der Waals surface area contributed by atoms with Crippen molar-refractivity contribution < 1.29 is 23.5 Å². The molecule has 25 heavy (non-hydrogen) atoms. The summed E-state index contributed by atoms with van der Waals surface area (Å²) < 4.78 is 24.3. The van der Waals surface area contributed by atoms with Crippen LogP contribution < -0.4 is 4.90 Å². The molecular weight excluding hydrogens is 327 g/mol. The van der Waals surface area contributed by atoms with Crippen LogP contribution in [0.2, 0.25) is 0 Å². The third-order valence-electron chi connectivity index (χ3n) is 5.24. The second-order valence-electron chi connectivity index (χ2n) is 6.81. The first kappa shape index (κ1) is 16.3. The van der Waals surface area contributed by atoms with Crippen LogP contribution in [0.25, 0.3) is 0 Å². The zero-order chi connectivity index (χ0) is 17.4. The van der Waals surface area contributed by atoms with Crippen LogP contribution in [0, 0.1) is 11.7 Å². The lowest BCUT2D eigenvalue weighted by atomic mass is 9.97. The summed E-state index contributed by atoms with van der Waals surface area (Å²) in [6.45, 7) is 2.44. The maximum Gasteiger partial charge on any atom is 0.414 e. The third-order valence-corrected chi connectivity index (χ3v) is 5.24. The highest BCUT2D eigenvalue weighted by molar-refractivity contribution is 5.91. The van der Waals surface area contributed by atoms with Crippen molar-refractivity contribution >= 4 is 17.7 Å². The molecule has 1 atom stereocenters. The van der Waals surface area contributed by atoms with Gasteiger partial charge in [0.25, 0.3) is 0 Å². The minimum absolute atomic E-state index is 0.0189. The summed E-state index contributed by atoms with van der Waals surface area (Å²) in [5.74, 6) is -0.299. The molecule has 7 heteroatoms. The van der Waals surface area contributed by atoms with Gasteiger partial charge in [0.05, 0.1) is 11.7 Å². The molecule has 3 aliphatic rings. The van der Waals surface area contributed by atoms with Crippen LogP contribution in [-0.4, -0.2) is 49.3 Å². The van der Waals surface area contributed by atoms with Gasteiger partial charge >= 0.3 is 6.09 Å². The molecule has 6 nitrogen and oxygen atoms in total. The van der Waals surface area contributed by atoms with Crippen LogP contribution in [0.3, 0.4) is 0 Å². The Labute approximate surface area is 145 Å². The predicted octanol–water partition coefficient (Wildman–Crippen LogP) is 2.31. The van der Waals surface area contributed by atoms with E-state index in [-0.39, 0.29) is 24.5 Å². The molecular formula is C18H21FN2O4. The van der Waals surface area contributed by atoms with Crippen LogP contribution in [0.4, 0.5) is 14.9 Å². The Morgan fingerprint density at radius 2 is 2.00 bits per heavy atom. The summed E-state index contributed by atoms with van der Waals surface area (Å²) in [4.78, 5) is 28.4. The van der Waals surface area contributed by atoms with E-state index in [1.54, 1.807) is 6.07 Å². The topological polar surface area (TPSA) is 59.1 Å². The maximum atomic E-state index is 13.8. The molecule has 134 valence electrons. The van der Waals surface area contributed by atoms with Crippen molar-refractivity contribution in [2.75, 3.05) is 31.3 Å². The van der Waals surface area contributed by atoms with Gasteiger partial charge in [-0.05, 0) is 37.0 Å². The number of nitrogens with zero attached hydrogens (tertiary/aromatic N) is 2. The number of halogens is 1. The van der Waals surface area contributed by atoms with Crippen LogP contribution in [0.15, 0.2) is 18.2 Å². The molecule has 1 unspecified atom stereocenters. The first-order valence-electron chi connectivity index (χ1n) is 8.74. The van der Waals surface area contributed by atoms with E-state index >= 15 is 0 Å². The molecule has 0 bridgehead atoms. The van der Waals surface area contributed by atoms with E-state index in [9.17, 15) is 14.0 Å². The van der Waals surface area contributed by atoms with E-state index in [2.05, 4.69) is 0 Å². The summed E-state index contributed by atoms with van der Waals surface area (Å²) >= 11 is 0. The fourth-order valence-electron chi connectivity index (χ4n) is 3.84. The molecule has 0 saturated carbocycles. The Morgan fingerprint density at radius 1 is 1.20 bits per heavy atom. The van der Waals surface area contributed by atoms with Gasteiger partial charge in [-0.25, -0.2) is 9.18 Å². The van der Waals surface area contributed by atoms with Gasteiger partial charge in [0, 0.05) is 32.2 Å². The van der Waals surface area contributed by atoms with Gasteiger partial charge in [0.15, 0.2) is 0 Å². The van der Waals surface area contributed by atoms with Gasteiger partial charge in [0.2, 0.25) is 5.91 Å². The highest BCUT2D eigenvalue weighted by atomic mass is 19.1. The maximum absolute atomic E-state index is 13.8. The van der Waals surface area contributed by atoms with Gasteiger partial charge < -0.3 is 14.4 Å². The average Bonchev–Trinajstić information content (AvgIpc) is 2.98. The van der Waals surface area contributed by atoms with E-state index in [4.69, 9.17) is 9.47 Å². The Morgan fingerprint density at radius 3 is 2.80 bits per heavy atom. The fourth-order valence-corrected chi connectivity index (χ4v) is 3.84. The van der Waals surface area contributed by atoms with Crippen LogP contribution >= 0.6 is 0 Å². The molecule has 3 heterocycles. The lowest BCUT2D eigenvalue weighted by molar-refractivity contribution is -0.139. The predicted molar refractivity (Wildman–Crippen MR) is 87.6 cm³/mol. The standard InChI is InChI=1S/C18H21FN2O4/c19-14-2-1-13-10-20(17(22)12-4-7-24-8-5-12)6-3-15-11-25-18(23)21(15)16(13)9-14/h1-2,9,12,15H,3-8,10-11H2. The Hall–Kier alpha value is -2.15. The van der Waals surface area contributed by atoms with Crippen molar-refractivity contribution in [1.29, 1.82) is 0 Å². The zero-order valence-corrected chi connectivity index (χ0v) is 13.9. The molecule has 1 aromatic rings. The number of benzene rings is 1. The average molecular weight is 348 g/mol. The number of rotatable bonds is 1. The lowest BCUT2D eigenvalue weighted by Crippen LogP contribution is -2.44. The molecule has 0 spiro atoms. The van der Waals surface area contributed by atoms with Gasteiger partial charge in [-0.3, -0.25) is 9.69 Å². The Kier molecular flexibility index (Phi) is 4.33. The van der Waals surface area contributed by atoms with Crippen molar-refractivity contribution in [3.63, 3.8) is 0 Å². The minimum Gasteiger partial charge on any atom is -0.447 e. The molecule has 2 amide bonds. The SMILES string of the molecule is O=C(C1CCOCC1)N1CCC2COC(=O)N2c2cc(F)ccc2C1. The van der Waals surface area contributed by atoms with Gasteiger partial charge in [-0.15, -0.1) is 0 Å². The van der Waals surface area contributed by atoms with Crippen molar-refractivity contribution in [2.45, 2.75) is 31.8 Å². The Balaban J connectivity index is 1.64. The molecule has 2 fully saturated rings. The Bertz CT molecular complexity index is 690. The molecule has 0 aromatic heterocycles. The first-order valence-corrected chi connectivity index (χ1v) is 8.74. The quantitative estimate of drug-likeness (QED) is 0.781. The fraction of sp³-hybridized carbons (Fsp3) is 0.556. The van der Waals surface area contributed by atoms with E-state index in [1.807, 2.05) is 4.90 Å². The summed E-state index contributed by atoms with van der Waals surface area (Å²) in [6.07, 6.45) is 1.66. The second-order valence-corrected chi connectivity index (χ2v) is 6.81. The van der Waals surface area contributed by atoms with Crippen LogP contribution in [-0.2, 0) is 20.8 Å². The van der Waals surface area contributed by atoms with E-state index < -0.39 is 11.9 Å². The van der Waals surface area contributed by atoms with Crippen molar-refractivity contribution in [1.82, 2.24) is 4.90 Å². The third kappa shape index (κ3) is 3.08. The highest BCUT2D eigenvalue weighted by Crippen LogP contribution is 2.33. The molecule has 0 aliphatic carbocycles. The van der Waals surface area contributed by atoms with Gasteiger partial charge in [-0.1, -0.05) is 6.07 Å². The highest BCUT2D eigenvalue weighted by Gasteiger charge is 2.38. The van der Waals surface area contributed by atoms with Crippen molar-refractivity contribution in [3.05, 3.63) is 29.6 Å². The molecule has 2 saturated heterocycles. The number of amides is 2. The molecule has 0 N–H and O–H groups in total. The number of ether oxygens (including phenoxy) is 2. The zero-order valence-electron chi connectivity index (χ0n) is 13.9. The van der Waals surface area contributed by atoms with E-state index in [0.29, 0.717) is 38.4 Å². The lowest BCUT2D eigenvalue weighted by Gasteiger charge is -2.34. The van der Waals surface area contributed by atoms with Crippen molar-refractivity contribution in [3.8, 4) is 0 Å².